The van der Waals surface area contributed by atoms with Crippen molar-refractivity contribution < 1.29 is 9.53 Å². The minimum atomic E-state index is -0.340. The molecular weight excluding hydrogens is 286 g/mol. The smallest absolute Gasteiger partial charge is 0.332 e. The summed E-state index contributed by atoms with van der Waals surface area (Å²) in [6.45, 7) is 6.75. The number of nitrogens with zero attached hydrogens (tertiary/aromatic N) is 1. The first-order valence-electron chi connectivity index (χ1n) is 7.87. The first-order chi connectivity index (χ1) is 11.1. The highest BCUT2D eigenvalue weighted by atomic mass is 16.6. The zero-order valence-electron chi connectivity index (χ0n) is 13.9. The van der Waals surface area contributed by atoms with Crippen LogP contribution in [0.15, 0.2) is 60.7 Å². The van der Waals surface area contributed by atoms with Crippen LogP contribution in [0.25, 0.3) is 6.08 Å². The van der Waals surface area contributed by atoms with Crippen molar-refractivity contribution in [2.75, 3.05) is 11.4 Å². The van der Waals surface area contributed by atoms with Crippen molar-refractivity contribution in [3.05, 3.63) is 71.8 Å². The monoisotopic (exact) mass is 309 g/mol. The largest absolute Gasteiger partial charge is 0.439 e. The number of carbonyl (C=O) groups excluding carboxylic acids is 1. The molecular formula is C20H23NO2. The lowest BCUT2D eigenvalue weighted by Crippen LogP contribution is -2.36. The molecule has 3 nitrogen and oxygen atoms in total. The van der Waals surface area contributed by atoms with Gasteiger partial charge in [0.05, 0.1) is 0 Å². The molecule has 0 aliphatic carbocycles. The molecule has 0 aliphatic rings. The average molecular weight is 309 g/mol. The van der Waals surface area contributed by atoms with Gasteiger partial charge in [0.15, 0.2) is 6.23 Å². The van der Waals surface area contributed by atoms with E-state index in [4.69, 9.17) is 4.74 Å². The van der Waals surface area contributed by atoms with Crippen LogP contribution in [0.3, 0.4) is 0 Å². The molecule has 0 saturated carbocycles. The molecule has 0 fully saturated rings. The molecule has 2 aromatic rings. The molecule has 1 atom stereocenters. The summed E-state index contributed by atoms with van der Waals surface area (Å²) in [7, 11) is 0. The summed E-state index contributed by atoms with van der Waals surface area (Å²) in [5.41, 5.74) is 3.21. The van der Waals surface area contributed by atoms with Gasteiger partial charge in [-0.3, -0.25) is 0 Å². The fourth-order valence-electron chi connectivity index (χ4n) is 2.46. The zero-order chi connectivity index (χ0) is 16.7. The van der Waals surface area contributed by atoms with Gasteiger partial charge >= 0.3 is 5.97 Å². The number of ether oxygens (including phenoxy) is 1. The van der Waals surface area contributed by atoms with Crippen molar-refractivity contribution in [3.63, 3.8) is 0 Å². The van der Waals surface area contributed by atoms with E-state index in [-0.39, 0.29) is 12.2 Å². The first kappa shape index (κ1) is 16.8. The van der Waals surface area contributed by atoms with Gasteiger partial charge in [-0.25, -0.2) is 4.79 Å². The zero-order valence-corrected chi connectivity index (χ0v) is 13.9. The standard InChI is InChI=1S/C20H23NO2/c1-4-21(19-12-8-9-16(2)15-19)17(3)23-20(22)14-13-18-10-6-5-7-11-18/h5-15,17H,4H2,1-3H3/b14-13+. The van der Waals surface area contributed by atoms with Gasteiger partial charge in [0.2, 0.25) is 0 Å². The van der Waals surface area contributed by atoms with E-state index in [1.54, 1.807) is 6.08 Å². The second-order valence-corrected chi connectivity index (χ2v) is 5.41. The van der Waals surface area contributed by atoms with E-state index >= 15 is 0 Å². The van der Waals surface area contributed by atoms with Crippen LogP contribution in [0, 0.1) is 6.92 Å². The van der Waals surface area contributed by atoms with E-state index in [1.165, 1.54) is 11.6 Å². The van der Waals surface area contributed by atoms with Crippen LogP contribution in [0.5, 0.6) is 0 Å². The molecule has 0 aliphatic heterocycles. The fourth-order valence-corrected chi connectivity index (χ4v) is 2.46. The lowest BCUT2D eigenvalue weighted by Gasteiger charge is -2.29. The predicted octanol–water partition coefficient (Wildman–Crippen LogP) is 4.42. The van der Waals surface area contributed by atoms with Crippen molar-refractivity contribution >= 4 is 17.7 Å². The van der Waals surface area contributed by atoms with Gasteiger partial charge in [-0.05, 0) is 50.1 Å². The maximum Gasteiger partial charge on any atom is 0.332 e. The van der Waals surface area contributed by atoms with Crippen molar-refractivity contribution in [2.24, 2.45) is 0 Å². The van der Waals surface area contributed by atoms with Crippen LogP contribution in [-0.4, -0.2) is 18.7 Å². The highest BCUT2D eigenvalue weighted by Gasteiger charge is 2.15. The number of aryl methyl sites for hydroxylation is 1. The molecule has 0 N–H and O–H groups in total. The number of anilines is 1. The topological polar surface area (TPSA) is 29.5 Å². The Morgan fingerprint density at radius 2 is 1.91 bits per heavy atom. The van der Waals surface area contributed by atoms with E-state index in [0.717, 1.165) is 17.8 Å². The Morgan fingerprint density at radius 1 is 1.17 bits per heavy atom. The third-order valence-corrected chi connectivity index (χ3v) is 3.61. The quantitative estimate of drug-likeness (QED) is 0.449. The van der Waals surface area contributed by atoms with Gasteiger partial charge < -0.3 is 9.64 Å². The highest BCUT2D eigenvalue weighted by Crippen LogP contribution is 2.19. The van der Waals surface area contributed by atoms with Crippen molar-refractivity contribution in [1.29, 1.82) is 0 Å². The van der Waals surface area contributed by atoms with Gasteiger partial charge in [-0.1, -0.05) is 42.5 Å². The molecule has 2 aromatic carbocycles. The van der Waals surface area contributed by atoms with Gasteiger partial charge in [-0.2, -0.15) is 0 Å². The Morgan fingerprint density at radius 3 is 2.57 bits per heavy atom. The SMILES string of the molecule is CCN(c1cccc(C)c1)C(C)OC(=O)/C=C/c1ccccc1. The molecule has 0 bridgehead atoms. The fraction of sp³-hybridized carbons (Fsp3) is 0.250. The van der Waals surface area contributed by atoms with E-state index in [9.17, 15) is 4.79 Å². The summed E-state index contributed by atoms with van der Waals surface area (Å²) in [5.74, 6) is -0.340. The van der Waals surface area contributed by atoms with Crippen molar-refractivity contribution in [1.82, 2.24) is 0 Å². The van der Waals surface area contributed by atoms with E-state index < -0.39 is 0 Å². The molecule has 23 heavy (non-hydrogen) atoms. The van der Waals surface area contributed by atoms with Crippen LogP contribution < -0.4 is 4.90 Å². The summed E-state index contributed by atoms with van der Waals surface area (Å²) >= 11 is 0. The van der Waals surface area contributed by atoms with Crippen LogP contribution in [0.1, 0.15) is 25.0 Å². The van der Waals surface area contributed by atoms with Gasteiger partial charge in [0.25, 0.3) is 0 Å². The van der Waals surface area contributed by atoms with E-state index in [2.05, 4.69) is 24.0 Å². The Hall–Kier alpha value is -2.55. The molecule has 0 heterocycles. The highest BCUT2D eigenvalue weighted by molar-refractivity contribution is 5.87. The summed E-state index contributed by atoms with van der Waals surface area (Å²) in [4.78, 5) is 14.1. The molecule has 0 aromatic heterocycles. The molecule has 2 rings (SSSR count). The first-order valence-corrected chi connectivity index (χ1v) is 7.87. The van der Waals surface area contributed by atoms with E-state index in [1.807, 2.05) is 56.3 Å². The third kappa shape index (κ3) is 4.99. The van der Waals surface area contributed by atoms with Gasteiger partial charge in [0.1, 0.15) is 0 Å². The second-order valence-electron chi connectivity index (χ2n) is 5.41. The maximum absolute atomic E-state index is 12.0. The third-order valence-electron chi connectivity index (χ3n) is 3.61. The van der Waals surface area contributed by atoms with E-state index in [0.29, 0.717) is 0 Å². The number of rotatable bonds is 6. The van der Waals surface area contributed by atoms with Crippen LogP contribution >= 0.6 is 0 Å². The van der Waals surface area contributed by atoms with Crippen LogP contribution in [0.2, 0.25) is 0 Å². The summed E-state index contributed by atoms with van der Waals surface area (Å²) in [6, 6.07) is 17.9. The lowest BCUT2D eigenvalue weighted by atomic mass is 10.2. The van der Waals surface area contributed by atoms with Gasteiger partial charge in [0, 0.05) is 18.3 Å². The number of hydrogen-bond donors (Lipinski definition) is 0. The summed E-state index contributed by atoms with van der Waals surface area (Å²) in [5, 5.41) is 0. The van der Waals surface area contributed by atoms with Crippen LogP contribution in [0.4, 0.5) is 5.69 Å². The lowest BCUT2D eigenvalue weighted by molar-refractivity contribution is -0.142. The Kier molecular flexibility index (Phi) is 5.98. The Bertz CT molecular complexity index is 664. The second kappa shape index (κ2) is 8.18. The molecule has 0 amide bonds. The van der Waals surface area contributed by atoms with Crippen molar-refractivity contribution in [2.45, 2.75) is 27.0 Å². The molecule has 3 heteroatoms. The van der Waals surface area contributed by atoms with Gasteiger partial charge in [-0.15, -0.1) is 0 Å². The minimum absolute atomic E-state index is 0.324. The Labute approximate surface area is 138 Å². The number of esters is 1. The Balaban J connectivity index is 2.00. The molecule has 1 unspecified atom stereocenters. The number of benzene rings is 2. The number of carbonyl (C=O) groups is 1. The molecule has 0 radical (unpaired) electrons. The summed E-state index contributed by atoms with van der Waals surface area (Å²) in [6.07, 6.45) is 2.91. The summed E-state index contributed by atoms with van der Waals surface area (Å²) < 4.78 is 5.52. The maximum atomic E-state index is 12.0. The van der Waals surface area contributed by atoms with Crippen molar-refractivity contribution in [3.8, 4) is 0 Å². The molecule has 120 valence electrons. The molecule has 0 saturated heterocycles. The minimum Gasteiger partial charge on any atom is -0.439 e. The average Bonchev–Trinajstić information content (AvgIpc) is 2.55. The number of hydrogen-bond acceptors (Lipinski definition) is 3. The predicted molar refractivity (Wildman–Crippen MR) is 95.2 cm³/mol. The van der Waals surface area contributed by atoms with Crippen LogP contribution in [-0.2, 0) is 9.53 Å². The molecule has 0 spiro atoms. The normalized spacial score (nSPS) is 12.1.